The van der Waals surface area contributed by atoms with Crippen LogP contribution < -0.4 is 5.32 Å². The molecule has 1 aliphatic carbocycles. The molecule has 3 nitrogen and oxygen atoms in total. The van der Waals surface area contributed by atoms with Gasteiger partial charge in [-0.05, 0) is 37.8 Å². The first-order chi connectivity index (χ1) is 11.2. The van der Waals surface area contributed by atoms with Crippen LogP contribution in [0.4, 0.5) is 13.2 Å². The Kier molecular flexibility index (Phi) is 4.33. The minimum absolute atomic E-state index is 0.0275. The maximum atomic E-state index is 12.9. The lowest BCUT2D eigenvalue weighted by Crippen LogP contribution is -2.50. The Morgan fingerprint density at radius 3 is 2.12 bits per heavy atom. The molecule has 1 aliphatic heterocycles. The Hall–Kier alpha value is -1.27. The number of carbonyl (C=O) groups excluding carboxylic acids is 2. The highest BCUT2D eigenvalue weighted by Crippen LogP contribution is 2.46. The van der Waals surface area contributed by atoms with Gasteiger partial charge in [0.15, 0.2) is 5.78 Å². The number of nitrogens with one attached hydrogen (secondary N) is 1. The van der Waals surface area contributed by atoms with E-state index in [4.69, 9.17) is 23.2 Å². The number of Topliss-reactive ketones (excluding diaryl/α,β-unsaturated/α-hetero) is 1. The van der Waals surface area contributed by atoms with Crippen LogP contribution in [0.1, 0.15) is 37.2 Å². The Balaban J connectivity index is 1.88. The van der Waals surface area contributed by atoms with Gasteiger partial charge in [0.25, 0.3) is 0 Å². The van der Waals surface area contributed by atoms with E-state index in [0.29, 0.717) is 0 Å². The van der Waals surface area contributed by atoms with Crippen molar-refractivity contribution in [2.24, 2.45) is 5.92 Å². The van der Waals surface area contributed by atoms with Crippen LogP contribution >= 0.6 is 23.2 Å². The lowest BCUT2D eigenvalue weighted by atomic mass is 9.73. The Morgan fingerprint density at radius 2 is 1.62 bits per heavy atom. The minimum Gasteiger partial charge on any atom is -0.343 e. The first-order valence-corrected chi connectivity index (χ1v) is 8.28. The number of hydrogen-bond acceptors (Lipinski definition) is 2. The topological polar surface area (TPSA) is 46.2 Å². The van der Waals surface area contributed by atoms with Crippen LogP contribution in [0, 0.1) is 5.92 Å². The molecule has 1 amide bonds. The molecule has 1 unspecified atom stereocenters. The lowest BCUT2D eigenvalue weighted by molar-refractivity contribution is -0.185. The second kappa shape index (κ2) is 5.92. The van der Waals surface area contributed by atoms with Crippen LogP contribution in [0.25, 0.3) is 0 Å². The van der Waals surface area contributed by atoms with Crippen molar-refractivity contribution in [2.45, 2.75) is 43.3 Å². The normalized spacial score (nSPS) is 30.7. The molecule has 1 N–H and O–H groups in total. The Morgan fingerprint density at radius 1 is 1.08 bits per heavy atom. The Labute approximate surface area is 146 Å². The van der Waals surface area contributed by atoms with E-state index in [2.05, 4.69) is 5.32 Å². The van der Waals surface area contributed by atoms with Gasteiger partial charge in [0.1, 0.15) is 5.92 Å². The lowest BCUT2D eigenvalue weighted by Gasteiger charge is -2.36. The van der Waals surface area contributed by atoms with Gasteiger partial charge in [0.2, 0.25) is 5.91 Å². The molecule has 2 fully saturated rings. The molecule has 1 heterocycles. The van der Waals surface area contributed by atoms with E-state index in [0.717, 1.165) is 0 Å². The third kappa shape index (κ3) is 2.80. The molecule has 1 atom stereocenters. The third-order valence-electron chi connectivity index (χ3n) is 4.95. The molecule has 2 aliphatic rings. The molecule has 1 spiro atoms. The molecule has 1 saturated carbocycles. The largest absolute Gasteiger partial charge is 0.391 e. The molecule has 0 bridgehead atoms. The van der Waals surface area contributed by atoms with Gasteiger partial charge in [0, 0.05) is 15.6 Å². The summed E-state index contributed by atoms with van der Waals surface area (Å²) < 4.78 is 38.5. The predicted molar refractivity (Wildman–Crippen MR) is 83.1 cm³/mol. The number of rotatable bonds is 1. The van der Waals surface area contributed by atoms with E-state index in [1.165, 1.54) is 12.1 Å². The maximum Gasteiger partial charge on any atom is 0.391 e. The van der Waals surface area contributed by atoms with Gasteiger partial charge in [-0.2, -0.15) is 13.2 Å². The summed E-state index contributed by atoms with van der Waals surface area (Å²) in [6.07, 6.45) is -4.70. The van der Waals surface area contributed by atoms with E-state index in [-0.39, 0.29) is 41.3 Å². The molecule has 24 heavy (non-hydrogen) atoms. The fourth-order valence-electron chi connectivity index (χ4n) is 3.62. The zero-order valence-electron chi connectivity index (χ0n) is 12.4. The maximum absolute atomic E-state index is 12.9. The summed E-state index contributed by atoms with van der Waals surface area (Å²) in [6, 6.07) is 4.64. The highest BCUT2D eigenvalue weighted by atomic mass is 35.5. The van der Waals surface area contributed by atoms with Crippen LogP contribution in [0.15, 0.2) is 18.2 Å². The van der Waals surface area contributed by atoms with Crippen molar-refractivity contribution in [3.05, 3.63) is 33.8 Å². The van der Waals surface area contributed by atoms with Crippen LogP contribution in [0.3, 0.4) is 0 Å². The summed E-state index contributed by atoms with van der Waals surface area (Å²) in [4.78, 5) is 25.2. The first kappa shape index (κ1) is 17.5. The van der Waals surface area contributed by atoms with Gasteiger partial charge in [-0.3, -0.25) is 9.59 Å². The molecular weight excluding hydrogens is 366 g/mol. The van der Waals surface area contributed by atoms with Crippen molar-refractivity contribution in [2.75, 3.05) is 0 Å². The fourth-order valence-corrected chi connectivity index (χ4v) is 4.24. The van der Waals surface area contributed by atoms with Gasteiger partial charge in [-0.15, -0.1) is 0 Å². The number of ketones is 1. The smallest absolute Gasteiger partial charge is 0.343 e. The van der Waals surface area contributed by atoms with Crippen LogP contribution in [-0.2, 0) is 9.59 Å². The van der Waals surface area contributed by atoms with E-state index in [1.54, 1.807) is 6.07 Å². The van der Waals surface area contributed by atoms with Crippen LogP contribution in [0.2, 0.25) is 10.0 Å². The highest BCUT2D eigenvalue weighted by molar-refractivity contribution is 6.37. The summed E-state index contributed by atoms with van der Waals surface area (Å²) >= 11 is 12.2. The van der Waals surface area contributed by atoms with E-state index < -0.39 is 35.2 Å². The molecular formula is C16H14Cl2F3NO2. The van der Waals surface area contributed by atoms with E-state index >= 15 is 0 Å². The number of hydrogen-bond donors (Lipinski definition) is 1. The van der Waals surface area contributed by atoms with Gasteiger partial charge in [-0.1, -0.05) is 29.3 Å². The van der Waals surface area contributed by atoms with Crippen molar-refractivity contribution in [3.63, 3.8) is 0 Å². The second-order valence-corrected chi connectivity index (χ2v) is 7.13. The number of benzene rings is 1. The monoisotopic (exact) mass is 379 g/mol. The zero-order chi connectivity index (χ0) is 17.7. The molecule has 1 saturated heterocycles. The molecule has 1 aromatic rings. The minimum atomic E-state index is -4.28. The SMILES string of the molecule is O=C1NC2(CCC(C(F)(F)F)CC2)C(=O)C1c1c(Cl)cccc1Cl. The third-order valence-corrected chi connectivity index (χ3v) is 5.61. The van der Waals surface area contributed by atoms with Crippen molar-refractivity contribution < 1.29 is 22.8 Å². The summed E-state index contributed by atoms with van der Waals surface area (Å²) in [7, 11) is 0. The first-order valence-electron chi connectivity index (χ1n) is 7.53. The van der Waals surface area contributed by atoms with Crippen molar-refractivity contribution in [1.82, 2.24) is 5.32 Å². The second-order valence-electron chi connectivity index (χ2n) is 6.32. The fraction of sp³-hybridized carbons (Fsp3) is 0.500. The summed E-state index contributed by atoms with van der Waals surface area (Å²) in [6.45, 7) is 0. The molecule has 0 aromatic heterocycles. The molecule has 1 aromatic carbocycles. The predicted octanol–water partition coefficient (Wildman–Crippen LogP) is 4.27. The Bertz CT molecular complexity index is 677. The zero-order valence-corrected chi connectivity index (χ0v) is 13.9. The standard InChI is InChI=1S/C16H14Cl2F3NO2/c17-9-2-1-3-10(18)11(9)12-13(23)15(22-14(12)24)6-4-8(5-7-15)16(19,20)21/h1-3,8,12H,4-7H2,(H,22,24). The van der Waals surface area contributed by atoms with E-state index in [9.17, 15) is 22.8 Å². The van der Waals surface area contributed by atoms with Crippen molar-refractivity contribution >= 4 is 34.9 Å². The number of alkyl halides is 3. The molecule has 3 rings (SSSR count). The van der Waals surface area contributed by atoms with Gasteiger partial charge < -0.3 is 5.32 Å². The molecule has 8 heteroatoms. The molecule has 0 radical (unpaired) electrons. The van der Waals surface area contributed by atoms with Gasteiger partial charge in [-0.25, -0.2) is 0 Å². The van der Waals surface area contributed by atoms with Gasteiger partial charge in [0.05, 0.1) is 11.5 Å². The quantitative estimate of drug-likeness (QED) is 0.740. The number of halogens is 5. The molecule has 130 valence electrons. The average Bonchev–Trinajstić information content (AvgIpc) is 2.71. The summed E-state index contributed by atoms with van der Waals surface area (Å²) in [5, 5.41) is 3.00. The summed E-state index contributed by atoms with van der Waals surface area (Å²) in [5.74, 6) is -3.60. The van der Waals surface area contributed by atoms with Gasteiger partial charge >= 0.3 is 6.18 Å². The number of carbonyl (C=O) groups is 2. The highest BCUT2D eigenvalue weighted by Gasteiger charge is 2.57. The van der Waals surface area contributed by atoms with Crippen LogP contribution in [0.5, 0.6) is 0 Å². The van der Waals surface area contributed by atoms with Crippen molar-refractivity contribution in [1.29, 1.82) is 0 Å². The van der Waals surface area contributed by atoms with Crippen molar-refractivity contribution in [3.8, 4) is 0 Å². The number of amides is 1. The van der Waals surface area contributed by atoms with Crippen LogP contribution in [-0.4, -0.2) is 23.4 Å². The summed E-state index contributed by atoms with van der Waals surface area (Å²) in [5.41, 5.74) is -1.02. The van der Waals surface area contributed by atoms with E-state index in [1.807, 2.05) is 0 Å². The average molecular weight is 380 g/mol.